The van der Waals surface area contributed by atoms with Crippen LogP contribution >= 0.6 is 0 Å². The Bertz CT molecular complexity index is 432. The molecule has 1 amide bonds. The molecular formula is C16H27N3O2. The zero-order chi connectivity index (χ0) is 15.8. The van der Waals surface area contributed by atoms with Crippen LogP contribution in [-0.2, 0) is 11.2 Å². The van der Waals surface area contributed by atoms with Gasteiger partial charge in [0.1, 0.15) is 5.75 Å². The van der Waals surface area contributed by atoms with Gasteiger partial charge in [-0.25, -0.2) is 0 Å². The van der Waals surface area contributed by atoms with Crippen molar-refractivity contribution in [3.63, 3.8) is 0 Å². The van der Waals surface area contributed by atoms with E-state index < -0.39 is 6.04 Å². The first kappa shape index (κ1) is 17.5. The van der Waals surface area contributed by atoms with Crippen LogP contribution in [0.5, 0.6) is 5.75 Å². The third-order valence-electron chi connectivity index (χ3n) is 3.33. The fourth-order valence-corrected chi connectivity index (χ4v) is 2.13. The molecule has 0 aliphatic carbocycles. The number of carbonyl (C=O) groups is 1. The summed E-state index contributed by atoms with van der Waals surface area (Å²) in [6.45, 7) is 4.32. The van der Waals surface area contributed by atoms with Crippen LogP contribution in [0.15, 0.2) is 24.3 Å². The number of benzene rings is 1. The van der Waals surface area contributed by atoms with Gasteiger partial charge in [-0.1, -0.05) is 19.1 Å². The Balaban J connectivity index is 2.61. The quantitative estimate of drug-likeness (QED) is 0.752. The summed E-state index contributed by atoms with van der Waals surface area (Å²) in [5.74, 6) is 0.212. The Morgan fingerprint density at radius 2 is 1.81 bits per heavy atom. The number of amides is 1. The summed E-state index contributed by atoms with van der Waals surface area (Å²) in [7, 11) is 3.98. The topological polar surface area (TPSA) is 69.8 Å². The van der Waals surface area contributed by atoms with E-state index in [1.807, 2.05) is 19.0 Å². The molecule has 0 saturated heterocycles. The lowest BCUT2D eigenvalue weighted by atomic mass is 10.1. The lowest BCUT2D eigenvalue weighted by Crippen LogP contribution is -2.47. The molecular weight excluding hydrogens is 266 g/mol. The number of carbonyl (C=O) groups excluding carboxylic acids is 1. The van der Waals surface area contributed by atoms with Crippen molar-refractivity contribution in [2.45, 2.75) is 25.8 Å². The third-order valence-corrected chi connectivity index (χ3v) is 3.33. The first-order valence-electron chi connectivity index (χ1n) is 7.41. The molecule has 0 saturated carbocycles. The highest BCUT2D eigenvalue weighted by molar-refractivity contribution is 5.82. The number of rotatable bonds is 8. The lowest BCUT2D eigenvalue weighted by Gasteiger charge is -2.26. The lowest BCUT2D eigenvalue weighted by molar-refractivity contribution is -0.132. The molecule has 0 aliphatic heterocycles. The highest BCUT2D eigenvalue weighted by Crippen LogP contribution is 2.11. The average Bonchev–Trinajstić information content (AvgIpc) is 2.45. The molecule has 0 aliphatic rings. The molecule has 1 aromatic rings. The van der Waals surface area contributed by atoms with Crippen molar-refractivity contribution in [2.75, 3.05) is 33.7 Å². The minimum atomic E-state index is -0.539. The fraction of sp³-hybridized carbons (Fsp3) is 0.562. The Morgan fingerprint density at radius 3 is 2.33 bits per heavy atom. The Labute approximate surface area is 127 Å². The van der Waals surface area contributed by atoms with Gasteiger partial charge in [0.25, 0.3) is 0 Å². The number of hydrogen-bond acceptors (Lipinski definition) is 4. The number of nitrogens with zero attached hydrogens (tertiary/aromatic N) is 2. The fourth-order valence-electron chi connectivity index (χ4n) is 2.13. The molecule has 0 spiro atoms. The highest BCUT2D eigenvalue weighted by atomic mass is 16.3. The number of phenolic OH excluding ortho intramolecular Hbond substituents is 1. The maximum atomic E-state index is 12.4. The van der Waals surface area contributed by atoms with E-state index in [1.54, 1.807) is 24.3 Å². The van der Waals surface area contributed by atoms with Crippen molar-refractivity contribution in [1.29, 1.82) is 0 Å². The number of likely N-dealkylation sites (N-methyl/N-ethyl adjacent to an activating group) is 1. The van der Waals surface area contributed by atoms with Crippen LogP contribution in [0.2, 0.25) is 0 Å². The second-order valence-corrected chi connectivity index (χ2v) is 5.61. The second-order valence-electron chi connectivity index (χ2n) is 5.61. The number of phenols is 1. The van der Waals surface area contributed by atoms with E-state index in [9.17, 15) is 9.90 Å². The van der Waals surface area contributed by atoms with Crippen LogP contribution in [0, 0.1) is 0 Å². The van der Waals surface area contributed by atoms with Crippen LogP contribution in [-0.4, -0.2) is 60.6 Å². The zero-order valence-electron chi connectivity index (χ0n) is 13.2. The van der Waals surface area contributed by atoms with Crippen molar-refractivity contribution in [3.05, 3.63) is 29.8 Å². The molecule has 0 fully saturated rings. The summed E-state index contributed by atoms with van der Waals surface area (Å²) < 4.78 is 0. The summed E-state index contributed by atoms with van der Waals surface area (Å²) in [5.41, 5.74) is 7.01. The predicted octanol–water partition coefficient (Wildman–Crippen LogP) is 1.06. The van der Waals surface area contributed by atoms with Gasteiger partial charge < -0.3 is 20.6 Å². The molecule has 0 radical (unpaired) electrons. The Morgan fingerprint density at radius 1 is 1.19 bits per heavy atom. The van der Waals surface area contributed by atoms with E-state index >= 15 is 0 Å². The second kappa shape index (κ2) is 8.64. The van der Waals surface area contributed by atoms with Crippen molar-refractivity contribution in [2.24, 2.45) is 5.73 Å². The Kier molecular flexibility index (Phi) is 7.19. The Hall–Kier alpha value is -1.59. The van der Waals surface area contributed by atoms with Gasteiger partial charge in [0.2, 0.25) is 5.91 Å². The van der Waals surface area contributed by atoms with Gasteiger partial charge in [-0.15, -0.1) is 0 Å². The third kappa shape index (κ3) is 6.14. The maximum absolute atomic E-state index is 12.4. The van der Waals surface area contributed by atoms with Crippen molar-refractivity contribution in [1.82, 2.24) is 9.80 Å². The smallest absolute Gasteiger partial charge is 0.239 e. The molecule has 1 atom stereocenters. The van der Waals surface area contributed by atoms with E-state index in [4.69, 9.17) is 5.73 Å². The van der Waals surface area contributed by atoms with Gasteiger partial charge in [0, 0.05) is 19.6 Å². The van der Waals surface area contributed by atoms with E-state index in [-0.39, 0.29) is 11.7 Å². The molecule has 0 bridgehead atoms. The molecule has 5 nitrogen and oxygen atoms in total. The van der Waals surface area contributed by atoms with Crippen molar-refractivity contribution >= 4 is 5.91 Å². The zero-order valence-corrected chi connectivity index (χ0v) is 13.2. The summed E-state index contributed by atoms with van der Waals surface area (Å²) in [5, 5.41) is 9.27. The first-order valence-corrected chi connectivity index (χ1v) is 7.41. The summed E-state index contributed by atoms with van der Waals surface area (Å²) >= 11 is 0. The summed E-state index contributed by atoms with van der Waals surface area (Å²) in [4.78, 5) is 16.3. The average molecular weight is 293 g/mol. The molecule has 118 valence electrons. The number of aromatic hydroxyl groups is 1. The minimum absolute atomic E-state index is 0.00762. The molecule has 0 aromatic heterocycles. The van der Waals surface area contributed by atoms with E-state index in [2.05, 4.69) is 11.8 Å². The molecule has 0 heterocycles. The van der Waals surface area contributed by atoms with Gasteiger partial charge in [-0.2, -0.15) is 0 Å². The first-order chi connectivity index (χ1) is 9.93. The SMILES string of the molecule is CCCN(CCN(C)C)C(=O)[C@@H](N)Cc1ccc(O)cc1. The van der Waals surface area contributed by atoms with Crippen LogP contribution in [0.4, 0.5) is 0 Å². The van der Waals surface area contributed by atoms with Crippen LogP contribution in [0.1, 0.15) is 18.9 Å². The number of hydrogen-bond donors (Lipinski definition) is 2. The van der Waals surface area contributed by atoms with Crippen LogP contribution in [0.3, 0.4) is 0 Å². The largest absolute Gasteiger partial charge is 0.508 e. The molecule has 21 heavy (non-hydrogen) atoms. The predicted molar refractivity (Wildman–Crippen MR) is 85.2 cm³/mol. The van der Waals surface area contributed by atoms with Crippen LogP contribution in [0.25, 0.3) is 0 Å². The maximum Gasteiger partial charge on any atom is 0.239 e. The van der Waals surface area contributed by atoms with Gasteiger partial charge in [0.05, 0.1) is 6.04 Å². The monoisotopic (exact) mass is 293 g/mol. The molecule has 0 unspecified atom stereocenters. The molecule has 1 rings (SSSR count). The van der Waals surface area contributed by atoms with Crippen molar-refractivity contribution < 1.29 is 9.90 Å². The van der Waals surface area contributed by atoms with Crippen LogP contribution < -0.4 is 5.73 Å². The van der Waals surface area contributed by atoms with E-state index in [0.717, 1.165) is 25.1 Å². The van der Waals surface area contributed by atoms with E-state index in [0.29, 0.717) is 13.0 Å². The highest BCUT2D eigenvalue weighted by Gasteiger charge is 2.20. The van der Waals surface area contributed by atoms with Gasteiger partial charge in [-0.05, 0) is 44.6 Å². The van der Waals surface area contributed by atoms with Gasteiger partial charge in [-0.3, -0.25) is 4.79 Å². The van der Waals surface area contributed by atoms with Gasteiger partial charge >= 0.3 is 0 Å². The summed E-state index contributed by atoms with van der Waals surface area (Å²) in [6, 6.07) is 6.28. The number of nitrogens with two attached hydrogens (primary N) is 1. The standard InChI is InChI=1S/C16H27N3O2/c1-4-9-19(11-10-18(2)3)16(21)15(17)12-13-5-7-14(20)8-6-13/h5-8,15,20H,4,9-12,17H2,1-3H3/t15-/m0/s1. The normalized spacial score (nSPS) is 12.4. The molecule has 1 aromatic carbocycles. The minimum Gasteiger partial charge on any atom is -0.508 e. The summed E-state index contributed by atoms with van der Waals surface area (Å²) in [6.07, 6.45) is 1.41. The molecule has 5 heteroatoms. The molecule has 3 N–H and O–H groups in total. The van der Waals surface area contributed by atoms with Crippen molar-refractivity contribution in [3.8, 4) is 5.75 Å². The van der Waals surface area contributed by atoms with Gasteiger partial charge in [0.15, 0.2) is 0 Å². The van der Waals surface area contributed by atoms with E-state index in [1.165, 1.54) is 0 Å².